The van der Waals surface area contributed by atoms with Crippen LogP contribution in [0.2, 0.25) is 0 Å². The van der Waals surface area contributed by atoms with Gasteiger partial charge in [-0.05, 0) is 57.1 Å². The molecule has 0 atom stereocenters. The molecule has 2 fully saturated rings. The van der Waals surface area contributed by atoms with Gasteiger partial charge in [-0.2, -0.15) is 0 Å². The Labute approximate surface area is 180 Å². The van der Waals surface area contributed by atoms with Gasteiger partial charge in [-0.3, -0.25) is 14.3 Å². The zero-order valence-corrected chi connectivity index (χ0v) is 17.8. The van der Waals surface area contributed by atoms with Gasteiger partial charge in [-0.25, -0.2) is 9.78 Å². The number of hydrogen-bond donors (Lipinski definition) is 4. The molecule has 0 aromatic carbocycles. The van der Waals surface area contributed by atoms with E-state index in [1.165, 1.54) is 6.42 Å². The number of aliphatic hydroxyl groups is 1. The third-order valence-corrected chi connectivity index (χ3v) is 7.34. The molecule has 3 aromatic rings. The van der Waals surface area contributed by atoms with Crippen LogP contribution in [-0.4, -0.2) is 43.3 Å². The molecule has 0 bridgehead atoms. The molecule has 3 aromatic heterocycles. The van der Waals surface area contributed by atoms with Gasteiger partial charge in [0.15, 0.2) is 0 Å². The number of nitrogens with one attached hydrogen (secondary N) is 3. The third-order valence-electron chi connectivity index (χ3n) is 7.34. The van der Waals surface area contributed by atoms with E-state index >= 15 is 0 Å². The summed E-state index contributed by atoms with van der Waals surface area (Å²) in [6, 6.07) is 1.94. The predicted molar refractivity (Wildman–Crippen MR) is 120 cm³/mol. The number of H-pyrrole nitrogens is 2. The molecule has 5 rings (SSSR count). The first-order chi connectivity index (χ1) is 15.0. The highest BCUT2D eigenvalue weighted by molar-refractivity contribution is 6.01. The summed E-state index contributed by atoms with van der Waals surface area (Å²) in [5.41, 5.74) is 0.108. The molecule has 8 heteroatoms. The lowest BCUT2D eigenvalue weighted by Crippen LogP contribution is -2.44. The Morgan fingerprint density at radius 3 is 2.68 bits per heavy atom. The fourth-order valence-electron chi connectivity index (χ4n) is 5.60. The van der Waals surface area contributed by atoms with Gasteiger partial charge in [0, 0.05) is 30.4 Å². The second-order valence-electron chi connectivity index (χ2n) is 9.48. The van der Waals surface area contributed by atoms with Crippen molar-refractivity contribution in [1.82, 2.24) is 24.8 Å². The van der Waals surface area contributed by atoms with Crippen molar-refractivity contribution in [2.24, 2.45) is 5.92 Å². The molecule has 0 unspecified atom stereocenters. The Bertz CT molecular complexity index is 1180. The maximum absolute atomic E-state index is 12.8. The van der Waals surface area contributed by atoms with Gasteiger partial charge < -0.3 is 15.4 Å². The molecule has 0 radical (unpaired) electrons. The lowest BCUT2D eigenvalue weighted by molar-refractivity contribution is 0.00392. The van der Waals surface area contributed by atoms with E-state index in [9.17, 15) is 14.7 Å². The summed E-state index contributed by atoms with van der Waals surface area (Å²) in [6.45, 7) is 1.58. The molecule has 2 saturated carbocycles. The number of pyridine rings is 1. The van der Waals surface area contributed by atoms with Crippen molar-refractivity contribution in [3.8, 4) is 0 Å². The Morgan fingerprint density at radius 1 is 1.13 bits per heavy atom. The largest absolute Gasteiger partial charge is 0.389 e. The summed E-state index contributed by atoms with van der Waals surface area (Å²) in [5.74, 6) is 0.544. The summed E-state index contributed by atoms with van der Waals surface area (Å²) in [7, 11) is 0. The second kappa shape index (κ2) is 8.24. The number of aromatic nitrogens is 4. The van der Waals surface area contributed by atoms with E-state index in [1.54, 1.807) is 17.0 Å². The number of fused-ring (bicyclic) bond motifs is 3. The fraction of sp³-hybridized carbons (Fsp3) is 0.609. The van der Waals surface area contributed by atoms with E-state index in [2.05, 4.69) is 20.3 Å². The zero-order valence-electron chi connectivity index (χ0n) is 17.8. The van der Waals surface area contributed by atoms with E-state index in [4.69, 9.17) is 0 Å². The van der Waals surface area contributed by atoms with Gasteiger partial charge >= 0.3 is 5.69 Å². The number of rotatable bonds is 5. The number of aromatic amines is 2. The molecular weight excluding hydrogens is 394 g/mol. The van der Waals surface area contributed by atoms with Gasteiger partial charge in [-0.15, -0.1) is 0 Å². The summed E-state index contributed by atoms with van der Waals surface area (Å²) < 4.78 is 1.78. The predicted octanol–water partition coefficient (Wildman–Crippen LogP) is 2.58. The molecule has 0 amide bonds. The SMILES string of the molecule is O=c1[nH]c(=O)n(C2CCC(CNCC3(O)CCCCC3)CC2)c2c1cnc1[nH]ccc12. The van der Waals surface area contributed by atoms with Crippen LogP contribution in [0.3, 0.4) is 0 Å². The molecule has 0 spiro atoms. The first kappa shape index (κ1) is 20.5. The van der Waals surface area contributed by atoms with Crippen LogP contribution < -0.4 is 16.6 Å². The van der Waals surface area contributed by atoms with E-state index in [0.717, 1.165) is 63.3 Å². The molecule has 2 aliphatic carbocycles. The van der Waals surface area contributed by atoms with Crippen molar-refractivity contribution in [3.63, 3.8) is 0 Å². The highest BCUT2D eigenvalue weighted by atomic mass is 16.3. The normalized spacial score (nSPS) is 24.0. The van der Waals surface area contributed by atoms with Crippen molar-refractivity contribution >= 4 is 21.9 Å². The van der Waals surface area contributed by atoms with Crippen LogP contribution in [0.4, 0.5) is 0 Å². The van der Waals surface area contributed by atoms with Crippen molar-refractivity contribution in [2.75, 3.05) is 13.1 Å². The first-order valence-electron chi connectivity index (χ1n) is 11.6. The van der Waals surface area contributed by atoms with Crippen LogP contribution >= 0.6 is 0 Å². The molecular formula is C23H31N5O3. The highest BCUT2D eigenvalue weighted by Gasteiger charge is 2.30. The van der Waals surface area contributed by atoms with Crippen LogP contribution in [0.1, 0.15) is 63.8 Å². The third kappa shape index (κ3) is 3.94. The molecule has 3 heterocycles. The van der Waals surface area contributed by atoms with E-state index < -0.39 is 5.60 Å². The average molecular weight is 426 g/mol. The fourth-order valence-corrected chi connectivity index (χ4v) is 5.60. The molecule has 0 aliphatic heterocycles. The van der Waals surface area contributed by atoms with Gasteiger partial charge in [0.25, 0.3) is 5.56 Å². The topological polar surface area (TPSA) is 116 Å². The lowest BCUT2D eigenvalue weighted by atomic mass is 9.83. The number of hydrogen-bond acceptors (Lipinski definition) is 5. The van der Waals surface area contributed by atoms with Gasteiger partial charge in [-0.1, -0.05) is 19.3 Å². The van der Waals surface area contributed by atoms with Crippen LogP contribution in [0, 0.1) is 5.92 Å². The van der Waals surface area contributed by atoms with Crippen molar-refractivity contribution in [1.29, 1.82) is 0 Å². The molecule has 166 valence electrons. The van der Waals surface area contributed by atoms with Crippen molar-refractivity contribution in [3.05, 3.63) is 39.3 Å². The Hall–Kier alpha value is -2.45. The smallest absolute Gasteiger partial charge is 0.329 e. The van der Waals surface area contributed by atoms with Crippen LogP contribution in [-0.2, 0) is 0 Å². The van der Waals surface area contributed by atoms with Crippen LogP contribution in [0.5, 0.6) is 0 Å². The molecule has 8 nitrogen and oxygen atoms in total. The van der Waals surface area contributed by atoms with E-state index in [-0.39, 0.29) is 17.3 Å². The molecule has 2 aliphatic rings. The summed E-state index contributed by atoms with van der Waals surface area (Å²) in [6.07, 6.45) is 12.4. The van der Waals surface area contributed by atoms with Crippen molar-refractivity contribution < 1.29 is 5.11 Å². The van der Waals surface area contributed by atoms with E-state index in [1.807, 2.05) is 6.07 Å². The van der Waals surface area contributed by atoms with Gasteiger partial charge in [0.05, 0.1) is 16.5 Å². The number of nitrogens with zero attached hydrogens (tertiary/aromatic N) is 2. The maximum atomic E-state index is 12.8. The summed E-state index contributed by atoms with van der Waals surface area (Å²) in [4.78, 5) is 35.1. The monoisotopic (exact) mass is 425 g/mol. The first-order valence-corrected chi connectivity index (χ1v) is 11.6. The summed E-state index contributed by atoms with van der Waals surface area (Å²) in [5, 5.41) is 15.5. The van der Waals surface area contributed by atoms with Gasteiger partial charge in [0.1, 0.15) is 5.65 Å². The van der Waals surface area contributed by atoms with Crippen molar-refractivity contribution in [2.45, 2.75) is 69.4 Å². The molecule has 4 N–H and O–H groups in total. The minimum absolute atomic E-state index is 0.0612. The standard InChI is InChI=1S/C23H31N5O3/c29-21-18-13-26-20-17(8-11-25-20)19(18)28(22(30)27-21)16-6-4-15(5-7-16)12-24-14-23(31)9-2-1-3-10-23/h8,11,13,15-16,24,31H,1-7,9-10,12,14H2,(H,25,26)(H,27,29,30). The Kier molecular flexibility index (Phi) is 5.44. The Morgan fingerprint density at radius 2 is 1.90 bits per heavy atom. The quantitative estimate of drug-likeness (QED) is 0.501. The maximum Gasteiger partial charge on any atom is 0.329 e. The minimum atomic E-state index is -0.534. The van der Waals surface area contributed by atoms with Gasteiger partial charge in [0.2, 0.25) is 0 Å². The molecule has 0 saturated heterocycles. The molecule has 31 heavy (non-hydrogen) atoms. The average Bonchev–Trinajstić information content (AvgIpc) is 3.24. The zero-order chi connectivity index (χ0) is 21.4. The second-order valence-corrected chi connectivity index (χ2v) is 9.48. The van der Waals surface area contributed by atoms with E-state index in [0.29, 0.717) is 29.0 Å². The minimum Gasteiger partial charge on any atom is -0.389 e. The van der Waals surface area contributed by atoms with Crippen LogP contribution in [0.15, 0.2) is 28.0 Å². The highest BCUT2D eigenvalue weighted by Crippen LogP contribution is 2.34. The Balaban J connectivity index is 1.30. The lowest BCUT2D eigenvalue weighted by Gasteiger charge is -2.34. The summed E-state index contributed by atoms with van der Waals surface area (Å²) >= 11 is 0. The van der Waals surface area contributed by atoms with Crippen LogP contribution in [0.25, 0.3) is 21.9 Å².